The van der Waals surface area contributed by atoms with Gasteiger partial charge in [0.15, 0.2) is 5.79 Å². The number of hydrogen-bond donors (Lipinski definition) is 0. The summed E-state index contributed by atoms with van der Waals surface area (Å²) < 4.78 is 11.5. The van der Waals surface area contributed by atoms with Crippen LogP contribution in [0.4, 0.5) is 5.69 Å². The quantitative estimate of drug-likeness (QED) is 0.842. The number of rotatable bonds is 3. The minimum atomic E-state index is -0.491. The van der Waals surface area contributed by atoms with Gasteiger partial charge in [0.1, 0.15) is 0 Å². The topological polar surface area (TPSA) is 59.1 Å². The van der Waals surface area contributed by atoms with E-state index in [2.05, 4.69) is 0 Å². The Balaban J connectivity index is 1.49. The van der Waals surface area contributed by atoms with Crippen LogP contribution < -0.4 is 4.90 Å². The minimum absolute atomic E-state index is 0.0288. The highest BCUT2D eigenvalue weighted by molar-refractivity contribution is 6.05. The number of carbonyl (C=O) groups is 2. The molecule has 1 spiro atoms. The molecule has 1 aromatic rings. The Morgan fingerprint density at radius 2 is 1.76 bits per heavy atom. The predicted octanol–water partition coefficient (Wildman–Crippen LogP) is 2.04. The number of para-hydroxylation sites is 1. The van der Waals surface area contributed by atoms with E-state index in [0.29, 0.717) is 50.4 Å². The van der Waals surface area contributed by atoms with Crippen LogP contribution in [0.25, 0.3) is 0 Å². The van der Waals surface area contributed by atoms with Crippen LogP contribution in [-0.4, -0.2) is 55.9 Å². The molecule has 1 aromatic carbocycles. The molecular weight excluding hydrogens is 320 g/mol. The number of benzene rings is 1. The summed E-state index contributed by atoms with van der Waals surface area (Å²) in [5.41, 5.74) is 1.28. The van der Waals surface area contributed by atoms with Gasteiger partial charge < -0.3 is 19.3 Å². The van der Waals surface area contributed by atoms with Gasteiger partial charge in [0.05, 0.1) is 24.5 Å². The first kappa shape index (κ1) is 16.5. The molecule has 6 heteroatoms. The Hall–Kier alpha value is -1.92. The zero-order valence-corrected chi connectivity index (χ0v) is 14.6. The molecule has 1 saturated carbocycles. The van der Waals surface area contributed by atoms with Crippen molar-refractivity contribution in [3.63, 3.8) is 0 Å². The Morgan fingerprint density at radius 3 is 2.40 bits per heavy atom. The van der Waals surface area contributed by atoms with Gasteiger partial charge in [-0.05, 0) is 25.0 Å². The van der Waals surface area contributed by atoms with Crippen molar-refractivity contribution in [2.45, 2.75) is 31.5 Å². The number of ether oxygens (including phenoxy) is 2. The third-order valence-corrected chi connectivity index (χ3v) is 5.38. The largest absolute Gasteiger partial charge is 0.347 e. The molecule has 3 fully saturated rings. The zero-order valence-electron chi connectivity index (χ0n) is 14.6. The number of nitrogens with zero attached hydrogens (tertiary/aromatic N) is 2. The molecule has 25 heavy (non-hydrogen) atoms. The normalized spacial score (nSPS) is 22.2. The second-order valence-electron chi connectivity index (χ2n) is 7.09. The third kappa shape index (κ3) is 3.16. The van der Waals surface area contributed by atoms with E-state index in [1.807, 2.05) is 23.1 Å². The van der Waals surface area contributed by atoms with Gasteiger partial charge in [0, 0.05) is 38.9 Å². The molecule has 0 N–H and O–H groups in total. The summed E-state index contributed by atoms with van der Waals surface area (Å²) in [6.07, 6.45) is 3.29. The highest BCUT2D eigenvalue weighted by Gasteiger charge is 2.41. The van der Waals surface area contributed by atoms with Crippen LogP contribution in [0.3, 0.4) is 0 Å². The molecule has 1 aliphatic carbocycles. The monoisotopic (exact) mass is 344 g/mol. The molecule has 0 radical (unpaired) electrons. The average molecular weight is 344 g/mol. The molecule has 0 unspecified atom stereocenters. The Kier molecular flexibility index (Phi) is 4.25. The van der Waals surface area contributed by atoms with Crippen molar-refractivity contribution in [1.82, 2.24) is 4.90 Å². The summed E-state index contributed by atoms with van der Waals surface area (Å²) in [5.74, 6) is -0.293. The van der Waals surface area contributed by atoms with E-state index < -0.39 is 5.79 Å². The van der Waals surface area contributed by atoms with E-state index in [0.717, 1.165) is 12.8 Å². The van der Waals surface area contributed by atoms with Crippen molar-refractivity contribution in [2.75, 3.05) is 38.3 Å². The zero-order chi connectivity index (χ0) is 17.4. The van der Waals surface area contributed by atoms with Crippen LogP contribution >= 0.6 is 0 Å². The number of carbonyl (C=O) groups excluding carboxylic acids is 2. The summed E-state index contributed by atoms with van der Waals surface area (Å²) in [5, 5.41) is 0. The maximum absolute atomic E-state index is 13.0. The van der Waals surface area contributed by atoms with Gasteiger partial charge in [-0.25, -0.2) is 0 Å². The lowest BCUT2D eigenvalue weighted by atomic mass is 10.0. The number of likely N-dealkylation sites (tertiary alicyclic amines) is 1. The minimum Gasteiger partial charge on any atom is -0.347 e. The summed E-state index contributed by atoms with van der Waals surface area (Å²) in [7, 11) is 1.76. The number of amides is 2. The van der Waals surface area contributed by atoms with Crippen molar-refractivity contribution < 1.29 is 19.1 Å². The van der Waals surface area contributed by atoms with Crippen molar-refractivity contribution in [1.29, 1.82) is 0 Å². The molecular formula is C19H24N2O4. The molecule has 2 saturated heterocycles. The van der Waals surface area contributed by atoms with Crippen LogP contribution in [-0.2, 0) is 14.3 Å². The van der Waals surface area contributed by atoms with Gasteiger partial charge in [-0.1, -0.05) is 12.1 Å². The average Bonchev–Trinajstić information content (AvgIpc) is 3.41. The highest BCUT2D eigenvalue weighted by atomic mass is 16.7. The maximum atomic E-state index is 13.0. The maximum Gasteiger partial charge on any atom is 0.255 e. The molecule has 2 amide bonds. The SMILES string of the molecule is CN(C(=O)C1CC1)c1ccccc1C(=O)N1CCC2(CC1)OCCO2. The Bertz CT molecular complexity index is 670. The molecule has 134 valence electrons. The second kappa shape index (κ2) is 6.42. The second-order valence-corrected chi connectivity index (χ2v) is 7.09. The molecule has 0 bridgehead atoms. The Morgan fingerprint density at radius 1 is 1.12 bits per heavy atom. The fourth-order valence-electron chi connectivity index (χ4n) is 3.68. The van der Waals surface area contributed by atoms with E-state index >= 15 is 0 Å². The first-order chi connectivity index (χ1) is 12.1. The van der Waals surface area contributed by atoms with Gasteiger partial charge in [-0.2, -0.15) is 0 Å². The van der Waals surface area contributed by atoms with Crippen molar-refractivity contribution in [3.8, 4) is 0 Å². The van der Waals surface area contributed by atoms with Gasteiger partial charge in [0.25, 0.3) is 5.91 Å². The lowest BCUT2D eigenvalue weighted by Gasteiger charge is -2.38. The molecule has 0 atom stereocenters. The van der Waals surface area contributed by atoms with E-state index in [1.54, 1.807) is 18.0 Å². The van der Waals surface area contributed by atoms with Gasteiger partial charge in [-0.15, -0.1) is 0 Å². The lowest BCUT2D eigenvalue weighted by Crippen LogP contribution is -2.47. The van der Waals surface area contributed by atoms with E-state index in [-0.39, 0.29) is 17.7 Å². The number of hydrogen-bond acceptors (Lipinski definition) is 4. The Labute approximate surface area is 147 Å². The lowest BCUT2D eigenvalue weighted by molar-refractivity contribution is -0.181. The summed E-state index contributed by atoms with van der Waals surface area (Å²) in [4.78, 5) is 28.9. The molecule has 4 rings (SSSR count). The van der Waals surface area contributed by atoms with Crippen LogP contribution in [0.1, 0.15) is 36.0 Å². The van der Waals surface area contributed by atoms with Crippen LogP contribution in [0.15, 0.2) is 24.3 Å². The van der Waals surface area contributed by atoms with Crippen LogP contribution in [0, 0.1) is 5.92 Å². The summed E-state index contributed by atoms with van der Waals surface area (Å²) in [6.45, 7) is 2.47. The number of piperidine rings is 1. The highest BCUT2D eigenvalue weighted by Crippen LogP contribution is 2.35. The van der Waals surface area contributed by atoms with Crippen LogP contribution in [0.5, 0.6) is 0 Å². The first-order valence-corrected chi connectivity index (χ1v) is 9.03. The third-order valence-electron chi connectivity index (χ3n) is 5.38. The van der Waals surface area contributed by atoms with Crippen molar-refractivity contribution >= 4 is 17.5 Å². The number of anilines is 1. The van der Waals surface area contributed by atoms with Crippen molar-refractivity contribution in [3.05, 3.63) is 29.8 Å². The molecule has 0 aromatic heterocycles. The molecule has 2 aliphatic heterocycles. The first-order valence-electron chi connectivity index (χ1n) is 9.03. The van der Waals surface area contributed by atoms with E-state index in [1.165, 1.54) is 0 Å². The van der Waals surface area contributed by atoms with E-state index in [4.69, 9.17) is 9.47 Å². The van der Waals surface area contributed by atoms with Gasteiger partial charge in [0.2, 0.25) is 5.91 Å². The van der Waals surface area contributed by atoms with Crippen molar-refractivity contribution in [2.24, 2.45) is 5.92 Å². The van der Waals surface area contributed by atoms with Gasteiger partial charge >= 0.3 is 0 Å². The predicted molar refractivity (Wildman–Crippen MR) is 92.3 cm³/mol. The van der Waals surface area contributed by atoms with Crippen LogP contribution in [0.2, 0.25) is 0 Å². The molecule has 3 aliphatic rings. The fourth-order valence-corrected chi connectivity index (χ4v) is 3.68. The molecule has 6 nitrogen and oxygen atoms in total. The van der Waals surface area contributed by atoms with Gasteiger partial charge in [-0.3, -0.25) is 9.59 Å². The smallest absolute Gasteiger partial charge is 0.255 e. The van der Waals surface area contributed by atoms with E-state index in [9.17, 15) is 9.59 Å². The summed E-state index contributed by atoms with van der Waals surface area (Å²) >= 11 is 0. The summed E-state index contributed by atoms with van der Waals surface area (Å²) in [6, 6.07) is 7.37. The molecule has 2 heterocycles. The fraction of sp³-hybridized carbons (Fsp3) is 0.579. The standard InChI is InChI=1S/C19H24N2O4/c1-20(17(22)14-6-7-14)16-5-3-2-4-15(16)18(23)21-10-8-19(9-11-21)24-12-13-25-19/h2-5,14H,6-13H2,1H3.